The van der Waals surface area contributed by atoms with E-state index in [9.17, 15) is 0 Å². The minimum Gasteiger partial charge on any atom is -0.372 e. The SMILES string of the molecule is CCN(CC1CCC(CNC2CC2)O1)c1cccc(C)c1. The van der Waals surface area contributed by atoms with E-state index in [2.05, 4.69) is 48.3 Å². The lowest BCUT2D eigenvalue weighted by Crippen LogP contribution is -2.34. The molecule has 2 fully saturated rings. The summed E-state index contributed by atoms with van der Waals surface area (Å²) in [5, 5.41) is 3.59. The molecule has 3 heteroatoms. The Morgan fingerprint density at radius 2 is 2.00 bits per heavy atom. The van der Waals surface area contributed by atoms with Gasteiger partial charge in [0.2, 0.25) is 0 Å². The third-order valence-corrected chi connectivity index (χ3v) is 4.58. The van der Waals surface area contributed by atoms with Crippen LogP contribution in [-0.4, -0.2) is 37.9 Å². The molecule has 21 heavy (non-hydrogen) atoms. The number of hydrogen-bond donors (Lipinski definition) is 1. The van der Waals surface area contributed by atoms with Crippen molar-refractivity contribution in [1.82, 2.24) is 5.32 Å². The molecule has 0 bridgehead atoms. The van der Waals surface area contributed by atoms with Crippen LogP contribution in [0.3, 0.4) is 0 Å². The van der Waals surface area contributed by atoms with Crippen LogP contribution in [0.25, 0.3) is 0 Å². The first-order valence-corrected chi connectivity index (χ1v) is 8.45. The van der Waals surface area contributed by atoms with Crippen molar-refractivity contribution in [3.63, 3.8) is 0 Å². The number of aryl methyl sites for hydroxylation is 1. The van der Waals surface area contributed by atoms with Crippen LogP contribution in [0.1, 0.15) is 38.2 Å². The van der Waals surface area contributed by atoms with Gasteiger partial charge in [-0.3, -0.25) is 0 Å². The van der Waals surface area contributed by atoms with Crippen molar-refractivity contribution in [2.45, 2.75) is 57.8 Å². The first-order chi connectivity index (χ1) is 10.2. The first kappa shape index (κ1) is 14.9. The molecule has 1 aliphatic carbocycles. The molecule has 116 valence electrons. The van der Waals surface area contributed by atoms with Crippen LogP contribution in [0, 0.1) is 6.92 Å². The Balaban J connectivity index is 1.50. The van der Waals surface area contributed by atoms with Gasteiger partial charge in [-0.1, -0.05) is 12.1 Å². The average molecular weight is 288 g/mol. The molecule has 2 atom stereocenters. The van der Waals surface area contributed by atoms with Gasteiger partial charge in [0, 0.05) is 31.4 Å². The van der Waals surface area contributed by atoms with E-state index < -0.39 is 0 Å². The smallest absolute Gasteiger partial charge is 0.0755 e. The van der Waals surface area contributed by atoms with Gasteiger partial charge in [-0.05, 0) is 57.2 Å². The Kier molecular flexibility index (Phi) is 4.81. The molecular formula is C18H28N2O. The Bertz CT molecular complexity index is 458. The Labute approximate surface area is 128 Å². The highest BCUT2D eigenvalue weighted by Gasteiger charge is 2.28. The maximum atomic E-state index is 6.22. The summed E-state index contributed by atoms with van der Waals surface area (Å²) in [6, 6.07) is 9.56. The average Bonchev–Trinajstić information content (AvgIpc) is 3.21. The van der Waals surface area contributed by atoms with Crippen molar-refractivity contribution in [1.29, 1.82) is 0 Å². The molecule has 0 amide bonds. The summed E-state index contributed by atoms with van der Waals surface area (Å²) in [4.78, 5) is 2.44. The van der Waals surface area contributed by atoms with Gasteiger partial charge in [-0.25, -0.2) is 0 Å². The minimum atomic E-state index is 0.386. The van der Waals surface area contributed by atoms with Crippen LogP contribution in [0.5, 0.6) is 0 Å². The first-order valence-electron chi connectivity index (χ1n) is 8.45. The third kappa shape index (κ3) is 4.21. The third-order valence-electron chi connectivity index (χ3n) is 4.58. The van der Waals surface area contributed by atoms with E-state index >= 15 is 0 Å². The topological polar surface area (TPSA) is 24.5 Å². The highest BCUT2D eigenvalue weighted by atomic mass is 16.5. The zero-order valence-corrected chi connectivity index (χ0v) is 13.3. The van der Waals surface area contributed by atoms with Gasteiger partial charge in [0.05, 0.1) is 12.2 Å². The van der Waals surface area contributed by atoms with E-state index in [0.717, 1.165) is 25.7 Å². The molecule has 0 radical (unpaired) electrons. The molecule has 3 rings (SSSR count). The molecule has 1 saturated heterocycles. The van der Waals surface area contributed by atoms with Crippen molar-refractivity contribution in [3.8, 4) is 0 Å². The number of rotatable bonds is 7. The second-order valence-electron chi connectivity index (χ2n) is 6.52. The summed E-state index contributed by atoms with van der Waals surface area (Å²) >= 11 is 0. The van der Waals surface area contributed by atoms with Crippen LogP contribution >= 0.6 is 0 Å². The van der Waals surface area contributed by atoms with Gasteiger partial charge < -0.3 is 15.0 Å². The number of likely N-dealkylation sites (N-methyl/N-ethyl adjacent to an activating group) is 1. The van der Waals surface area contributed by atoms with E-state index in [4.69, 9.17) is 4.74 Å². The number of nitrogens with one attached hydrogen (secondary N) is 1. The molecule has 1 aromatic carbocycles. The van der Waals surface area contributed by atoms with Gasteiger partial charge in [-0.2, -0.15) is 0 Å². The van der Waals surface area contributed by atoms with E-state index in [1.54, 1.807) is 0 Å². The highest BCUT2D eigenvalue weighted by molar-refractivity contribution is 5.48. The maximum absolute atomic E-state index is 6.22. The van der Waals surface area contributed by atoms with Gasteiger partial charge in [-0.15, -0.1) is 0 Å². The quantitative estimate of drug-likeness (QED) is 0.834. The number of anilines is 1. The van der Waals surface area contributed by atoms with E-state index in [-0.39, 0.29) is 0 Å². The molecule has 1 saturated carbocycles. The fraction of sp³-hybridized carbons (Fsp3) is 0.667. The lowest BCUT2D eigenvalue weighted by molar-refractivity contribution is 0.0493. The molecule has 2 unspecified atom stereocenters. The maximum Gasteiger partial charge on any atom is 0.0755 e. The number of nitrogens with zero attached hydrogens (tertiary/aromatic N) is 1. The standard InChI is InChI=1S/C18H28N2O/c1-3-20(16-6-4-5-14(2)11-16)13-18-10-9-17(21-18)12-19-15-7-8-15/h4-6,11,15,17-19H,3,7-10,12-13H2,1-2H3. The van der Waals surface area contributed by atoms with Crippen LogP contribution in [0.2, 0.25) is 0 Å². The van der Waals surface area contributed by atoms with Crippen molar-refractivity contribution in [2.75, 3.05) is 24.5 Å². The molecule has 3 nitrogen and oxygen atoms in total. The fourth-order valence-electron chi connectivity index (χ4n) is 3.14. The second kappa shape index (κ2) is 6.80. The zero-order chi connectivity index (χ0) is 14.7. The number of ether oxygens (including phenoxy) is 1. The fourth-order valence-corrected chi connectivity index (χ4v) is 3.14. The van der Waals surface area contributed by atoms with Crippen molar-refractivity contribution in [2.24, 2.45) is 0 Å². The van der Waals surface area contributed by atoms with E-state index in [0.29, 0.717) is 12.2 Å². The second-order valence-corrected chi connectivity index (χ2v) is 6.52. The van der Waals surface area contributed by atoms with Gasteiger partial charge in [0.25, 0.3) is 0 Å². The van der Waals surface area contributed by atoms with Crippen LogP contribution in [0.4, 0.5) is 5.69 Å². The lowest BCUT2D eigenvalue weighted by atomic mass is 10.1. The summed E-state index contributed by atoms with van der Waals surface area (Å²) in [5.41, 5.74) is 2.64. The largest absolute Gasteiger partial charge is 0.372 e. The molecule has 1 aromatic rings. The molecule has 0 spiro atoms. The van der Waals surface area contributed by atoms with Crippen LogP contribution < -0.4 is 10.2 Å². The number of benzene rings is 1. The molecular weight excluding hydrogens is 260 g/mol. The van der Waals surface area contributed by atoms with Crippen molar-refractivity contribution >= 4 is 5.69 Å². The highest BCUT2D eigenvalue weighted by Crippen LogP contribution is 2.25. The molecule has 0 aromatic heterocycles. The Morgan fingerprint density at radius 3 is 2.71 bits per heavy atom. The normalized spacial score (nSPS) is 25.2. The number of hydrogen-bond acceptors (Lipinski definition) is 3. The summed E-state index contributed by atoms with van der Waals surface area (Å²) in [5.74, 6) is 0. The molecule has 2 aliphatic rings. The van der Waals surface area contributed by atoms with E-state index in [1.807, 2.05) is 0 Å². The minimum absolute atomic E-state index is 0.386. The molecule has 1 N–H and O–H groups in total. The molecule has 1 heterocycles. The van der Waals surface area contributed by atoms with Crippen molar-refractivity contribution < 1.29 is 4.74 Å². The van der Waals surface area contributed by atoms with Crippen molar-refractivity contribution in [3.05, 3.63) is 29.8 Å². The van der Waals surface area contributed by atoms with Gasteiger partial charge in [0.15, 0.2) is 0 Å². The van der Waals surface area contributed by atoms with Gasteiger partial charge in [0.1, 0.15) is 0 Å². The monoisotopic (exact) mass is 288 g/mol. The van der Waals surface area contributed by atoms with E-state index in [1.165, 1.54) is 36.9 Å². The Morgan fingerprint density at radius 1 is 1.19 bits per heavy atom. The van der Waals surface area contributed by atoms with Crippen LogP contribution in [-0.2, 0) is 4.74 Å². The zero-order valence-electron chi connectivity index (χ0n) is 13.3. The molecule has 1 aliphatic heterocycles. The lowest BCUT2D eigenvalue weighted by Gasteiger charge is -2.27. The predicted molar refractivity (Wildman–Crippen MR) is 88.0 cm³/mol. The predicted octanol–water partition coefficient (Wildman–Crippen LogP) is 3.12. The van der Waals surface area contributed by atoms with Crippen LogP contribution in [0.15, 0.2) is 24.3 Å². The summed E-state index contributed by atoms with van der Waals surface area (Å²) in [6.45, 7) is 7.47. The van der Waals surface area contributed by atoms with Gasteiger partial charge >= 0.3 is 0 Å². The Hall–Kier alpha value is -1.06. The summed E-state index contributed by atoms with van der Waals surface area (Å²) in [6.07, 6.45) is 5.92. The summed E-state index contributed by atoms with van der Waals surface area (Å²) < 4.78 is 6.22. The summed E-state index contributed by atoms with van der Waals surface area (Å²) in [7, 11) is 0.